The third-order valence-electron chi connectivity index (χ3n) is 4.69. The smallest absolute Gasteiger partial charge is 0.277 e. The zero-order valence-electron chi connectivity index (χ0n) is 15.9. The van der Waals surface area contributed by atoms with E-state index in [4.69, 9.17) is 20.9 Å². The number of rotatable bonds is 3. The van der Waals surface area contributed by atoms with E-state index in [1.54, 1.807) is 36.4 Å². The second kappa shape index (κ2) is 7.62. The Balaban J connectivity index is 1.38. The van der Waals surface area contributed by atoms with Crippen LogP contribution in [0, 0.1) is 0 Å². The lowest BCUT2D eigenvalue weighted by Crippen LogP contribution is -2.14. The van der Waals surface area contributed by atoms with Gasteiger partial charge in [0.1, 0.15) is 5.75 Å². The largest absolute Gasteiger partial charge is 0.454 e. The Morgan fingerprint density at radius 2 is 1.77 bits per heavy atom. The first-order valence-corrected chi connectivity index (χ1v) is 9.71. The minimum absolute atomic E-state index is 0.122. The number of hydrogen-bond acceptors (Lipinski definition) is 5. The van der Waals surface area contributed by atoms with Gasteiger partial charge in [0.05, 0.1) is 11.3 Å². The minimum atomic E-state index is -0.462. The van der Waals surface area contributed by atoms with E-state index in [9.17, 15) is 9.59 Å². The molecule has 0 aliphatic carbocycles. The summed E-state index contributed by atoms with van der Waals surface area (Å²) in [6.07, 6.45) is 0. The Bertz CT molecular complexity index is 1320. The van der Waals surface area contributed by atoms with Gasteiger partial charge in [-0.05, 0) is 36.4 Å². The Morgan fingerprint density at radius 1 is 0.968 bits per heavy atom. The van der Waals surface area contributed by atoms with Gasteiger partial charge >= 0.3 is 0 Å². The standard InChI is InChI=1S/C23H14ClN3O4/c24-14-6-8-20-17(10-14)26-22(28)16-11-15(7-9-19(16)30-20)25-23(29)18-12-21(31-27-18)13-4-2-1-3-5-13/h1-12H,(H,25,29)(H,26,28). The van der Waals surface area contributed by atoms with Crippen LogP contribution < -0.4 is 15.4 Å². The zero-order valence-corrected chi connectivity index (χ0v) is 16.6. The maximum atomic E-state index is 12.7. The molecule has 2 N–H and O–H groups in total. The lowest BCUT2D eigenvalue weighted by atomic mass is 10.1. The van der Waals surface area contributed by atoms with Gasteiger partial charge < -0.3 is 19.9 Å². The molecule has 1 aliphatic rings. The van der Waals surface area contributed by atoms with Crippen LogP contribution >= 0.6 is 11.6 Å². The van der Waals surface area contributed by atoms with Gasteiger partial charge in [0.15, 0.2) is 17.2 Å². The fourth-order valence-electron chi connectivity index (χ4n) is 3.19. The third-order valence-corrected chi connectivity index (χ3v) is 4.93. The molecule has 0 atom stereocenters. The molecule has 2 amide bonds. The number of amides is 2. The first kappa shape index (κ1) is 18.9. The molecule has 0 fully saturated rings. The highest BCUT2D eigenvalue weighted by Crippen LogP contribution is 2.38. The number of anilines is 2. The fraction of sp³-hybridized carbons (Fsp3) is 0. The van der Waals surface area contributed by atoms with Crippen molar-refractivity contribution in [2.75, 3.05) is 10.6 Å². The lowest BCUT2D eigenvalue weighted by Gasteiger charge is -2.09. The lowest BCUT2D eigenvalue weighted by molar-refractivity contribution is 0.101. The molecule has 0 saturated heterocycles. The van der Waals surface area contributed by atoms with Gasteiger partial charge in [0.25, 0.3) is 11.8 Å². The van der Waals surface area contributed by atoms with Gasteiger partial charge in [-0.15, -0.1) is 0 Å². The van der Waals surface area contributed by atoms with E-state index in [2.05, 4.69) is 15.8 Å². The molecule has 0 saturated carbocycles. The van der Waals surface area contributed by atoms with Crippen LogP contribution in [0.15, 0.2) is 77.3 Å². The third kappa shape index (κ3) is 3.74. The molecular formula is C23H14ClN3O4. The van der Waals surface area contributed by atoms with Crippen LogP contribution in [0.5, 0.6) is 11.5 Å². The molecule has 0 radical (unpaired) electrons. The average molecular weight is 432 g/mol. The van der Waals surface area contributed by atoms with Crippen LogP contribution in [0.3, 0.4) is 0 Å². The van der Waals surface area contributed by atoms with E-state index >= 15 is 0 Å². The predicted octanol–water partition coefficient (Wildman–Crippen LogP) is 5.61. The quantitative estimate of drug-likeness (QED) is 0.440. The van der Waals surface area contributed by atoms with Gasteiger partial charge in [0, 0.05) is 22.3 Å². The SMILES string of the molecule is O=C(Nc1ccc2c(c1)C(=O)Nc1cc(Cl)ccc1O2)c1cc(-c2ccccc2)on1. The number of ether oxygens (including phenoxy) is 1. The number of nitrogens with one attached hydrogen (secondary N) is 2. The molecule has 3 aromatic carbocycles. The van der Waals surface area contributed by atoms with Crippen molar-refractivity contribution in [3.05, 3.63) is 89.1 Å². The van der Waals surface area contributed by atoms with Crippen molar-refractivity contribution in [2.45, 2.75) is 0 Å². The zero-order chi connectivity index (χ0) is 21.4. The average Bonchev–Trinajstić information content (AvgIpc) is 3.23. The van der Waals surface area contributed by atoms with Crippen LogP contribution in [-0.2, 0) is 0 Å². The summed E-state index contributed by atoms with van der Waals surface area (Å²) in [6.45, 7) is 0. The monoisotopic (exact) mass is 431 g/mol. The van der Waals surface area contributed by atoms with Crippen molar-refractivity contribution in [3.8, 4) is 22.8 Å². The summed E-state index contributed by atoms with van der Waals surface area (Å²) in [5.74, 6) is 0.487. The molecule has 5 rings (SSSR count). The minimum Gasteiger partial charge on any atom is -0.454 e. The maximum Gasteiger partial charge on any atom is 0.277 e. The number of nitrogens with zero attached hydrogens (tertiary/aromatic N) is 1. The molecule has 8 heteroatoms. The van der Waals surface area contributed by atoms with Crippen LogP contribution in [0.2, 0.25) is 5.02 Å². The van der Waals surface area contributed by atoms with E-state index in [0.717, 1.165) is 5.56 Å². The topological polar surface area (TPSA) is 93.5 Å². The predicted molar refractivity (Wildman–Crippen MR) is 116 cm³/mol. The highest BCUT2D eigenvalue weighted by molar-refractivity contribution is 6.31. The molecule has 152 valence electrons. The molecule has 2 heterocycles. The Morgan fingerprint density at radius 3 is 2.61 bits per heavy atom. The summed E-state index contributed by atoms with van der Waals surface area (Å²) in [4.78, 5) is 25.3. The van der Waals surface area contributed by atoms with Crippen molar-refractivity contribution in [1.29, 1.82) is 0 Å². The second-order valence-electron chi connectivity index (χ2n) is 6.80. The number of carbonyl (C=O) groups is 2. The summed E-state index contributed by atoms with van der Waals surface area (Å²) in [5, 5.41) is 9.80. The Hall–Kier alpha value is -4.10. The van der Waals surface area contributed by atoms with Crippen molar-refractivity contribution in [3.63, 3.8) is 0 Å². The van der Waals surface area contributed by atoms with Crippen LogP contribution in [0.25, 0.3) is 11.3 Å². The van der Waals surface area contributed by atoms with E-state index in [1.165, 1.54) is 6.07 Å². The van der Waals surface area contributed by atoms with Gasteiger partial charge in [-0.3, -0.25) is 9.59 Å². The summed E-state index contributed by atoms with van der Waals surface area (Å²) >= 11 is 6.00. The van der Waals surface area contributed by atoms with Gasteiger partial charge in [-0.1, -0.05) is 47.1 Å². The number of fused-ring (bicyclic) bond motifs is 2. The molecule has 1 aliphatic heterocycles. The summed E-state index contributed by atoms with van der Waals surface area (Å²) in [6, 6.07) is 20.7. The number of halogens is 1. The number of hydrogen-bond donors (Lipinski definition) is 2. The maximum absolute atomic E-state index is 12.7. The van der Waals surface area contributed by atoms with E-state index < -0.39 is 5.91 Å². The van der Waals surface area contributed by atoms with Gasteiger partial charge in [-0.25, -0.2) is 0 Å². The van der Waals surface area contributed by atoms with E-state index in [1.807, 2.05) is 30.3 Å². The summed E-state index contributed by atoms with van der Waals surface area (Å²) < 4.78 is 11.1. The normalized spacial score (nSPS) is 12.1. The molecule has 0 spiro atoms. The first-order chi connectivity index (χ1) is 15.1. The Labute approximate surface area is 181 Å². The second-order valence-corrected chi connectivity index (χ2v) is 7.24. The van der Waals surface area contributed by atoms with Crippen LogP contribution in [0.1, 0.15) is 20.8 Å². The van der Waals surface area contributed by atoms with Gasteiger partial charge in [0.2, 0.25) is 0 Å². The van der Waals surface area contributed by atoms with Crippen molar-refractivity contribution in [2.24, 2.45) is 0 Å². The number of carbonyl (C=O) groups excluding carboxylic acids is 2. The molecule has 1 aromatic heterocycles. The molecule has 0 unspecified atom stereocenters. The highest BCUT2D eigenvalue weighted by Gasteiger charge is 2.22. The highest BCUT2D eigenvalue weighted by atomic mass is 35.5. The molecular weight excluding hydrogens is 418 g/mol. The van der Waals surface area contributed by atoms with Crippen molar-refractivity contribution >= 4 is 34.8 Å². The first-order valence-electron chi connectivity index (χ1n) is 9.33. The summed E-state index contributed by atoms with van der Waals surface area (Å²) in [7, 11) is 0. The molecule has 4 aromatic rings. The molecule has 31 heavy (non-hydrogen) atoms. The summed E-state index contributed by atoms with van der Waals surface area (Å²) in [5.41, 5.74) is 2.09. The van der Waals surface area contributed by atoms with Gasteiger partial charge in [-0.2, -0.15) is 0 Å². The molecule has 7 nitrogen and oxygen atoms in total. The van der Waals surface area contributed by atoms with Crippen LogP contribution in [0.4, 0.5) is 11.4 Å². The van der Waals surface area contributed by atoms with E-state index in [-0.39, 0.29) is 17.2 Å². The van der Waals surface area contributed by atoms with Crippen LogP contribution in [-0.4, -0.2) is 17.0 Å². The van der Waals surface area contributed by atoms with E-state index in [0.29, 0.717) is 33.7 Å². The number of aromatic nitrogens is 1. The fourth-order valence-corrected chi connectivity index (χ4v) is 3.36. The molecule has 0 bridgehead atoms. The Kier molecular flexibility index (Phi) is 4.65. The van der Waals surface area contributed by atoms with Crippen molar-refractivity contribution in [1.82, 2.24) is 5.16 Å². The van der Waals surface area contributed by atoms with Crippen molar-refractivity contribution < 1.29 is 18.8 Å². The number of benzene rings is 3.